The molecular weight excluding hydrogens is 558 g/mol. The summed E-state index contributed by atoms with van der Waals surface area (Å²) >= 11 is 0. The van der Waals surface area contributed by atoms with Crippen LogP contribution in [0.15, 0.2) is 48.5 Å². The standard InChI is InChI=1S/C35H43N3O6/c1-23-7-8-31(28(17-23)30-5-4-6-34(36-30)38-14-10-27(35(39)40)33(21-38)42-3)44-22-24-18-25-9-13-37(26-11-15-43-16-12-26)20-29(25)32(19-24)41-2/h4-8,17-19,26-27,33H,9-16,20-22H2,1-3H3,(H,39,40)/t27-,33+/m0/s1. The number of carbonyl (C=O) groups is 1. The molecule has 9 nitrogen and oxygen atoms in total. The maximum absolute atomic E-state index is 11.7. The van der Waals surface area contributed by atoms with Crippen LogP contribution < -0.4 is 14.4 Å². The maximum atomic E-state index is 11.7. The van der Waals surface area contributed by atoms with Gasteiger partial charge in [-0.15, -0.1) is 0 Å². The van der Waals surface area contributed by atoms with Gasteiger partial charge in [0.15, 0.2) is 0 Å². The van der Waals surface area contributed by atoms with E-state index in [1.807, 2.05) is 24.3 Å². The maximum Gasteiger partial charge on any atom is 0.309 e. The average molecular weight is 602 g/mol. The first-order valence-corrected chi connectivity index (χ1v) is 15.7. The molecular formula is C35H43N3O6. The number of hydrogen-bond acceptors (Lipinski definition) is 8. The Bertz CT molecular complexity index is 1460. The number of carboxylic acids is 1. The van der Waals surface area contributed by atoms with Gasteiger partial charge in [-0.25, -0.2) is 4.98 Å². The van der Waals surface area contributed by atoms with Crippen molar-refractivity contribution in [1.29, 1.82) is 0 Å². The number of anilines is 1. The number of aromatic nitrogens is 1. The number of fused-ring (bicyclic) bond motifs is 1. The Morgan fingerprint density at radius 1 is 1.05 bits per heavy atom. The van der Waals surface area contributed by atoms with E-state index in [4.69, 9.17) is 23.9 Å². The fourth-order valence-electron chi connectivity index (χ4n) is 6.87. The van der Waals surface area contributed by atoms with Gasteiger partial charge in [0.1, 0.15) is 23.9 Å². The van der Waals surface area contributed by atoms with Gasteiger partial charge >= 0.3 is 5.97 Å². The van der Waals surface area contributed by atoms with Gasteiger partial charge in [0, 0.05) is 63.7 Å². The molecule has 2 fully saturated rings. The van der Waals surface area contributed by atoms with Crippen LogP contribution in [-0.4, -0.2) is 80.2 Å². The number of methoxy groups -OCH3 is 2. The molecule has 2 saturated heterocycles. The third-order valence-corrected chi connectivity index (χ3v) is 9.36. The number of nitrogens with zero attached hydrogens (tertiary/aromatic N) is 3. The van der Waals surface area contributed by atoms with Crippen LogP contribution in [0.3, 0.4) is 0 Å². The number of piperidine rings is 1. The summed E-state index contributed by atoms with van der Waals surface area (Å²) < 4.78 is 23.5. The molecule has 0 amide bonds. The third kappa shape index (κ3) is 6.55. The van der Waals surface area contributed by atoms with Crippen LogP contribution in [0.25, 0.3) is 11.3 Å². The van der Waals surface area contributed by atoms with Crippen LogP contribution in [0.2, 0.25) is 0 Å². The summed E-state index contributed by atoms with van der Waals surface area (Å²) in [7, 11) is 3.33. The van der Waals surface area contributed by atoms with Crippen molar-refractivity contribution in [3.05, 3.63) is 70.8 Å². The molecule has 0 spiro atoms. The minimum absolute atomic E-state index is 0.386. The van der Waals surface area contributed by atoms with Crippen LogP contribution in [0.4, 0.5) is 5.82 Å². The molecule has 1 N–H and O–H groups in total. The molecule has 2 atom stereocenters. The van der Waals surface area contributed by atoms with Gasteiger partial charge in [0.25, 0.3) is 0 Å². The minimum Gasteiger partial charge on any atom is -0.496 e. The molecule has 2 aromatic carbocycles. The van der Waals surface area contributed by atoms with Gasteiger partial charge in [-0.05, 0) is 74.1 Å². The zero-order valence-corrected chi connectivity index (χ0v) is 26.0. The van der Waals surface area contributed by atoms with Crippen molar-refractivity contribution in [2.75, 3.05) is 52.0 Å². The lowest BCUT2D eigenvalue weighted by Crippen LogP contribution is -2.47. The molecule has 4 heterocycles. The van der Waals surface area contributed by atoms with Crippen LogP contribution in [-0.2, 0) is 33.8 Å². The first kappa shape index (κ1) is 30.4. The second-order valence-corrected chi connectivity index (χ2v) is 12.1. The summed E-state index contributed by atoms with van der Waals surface area (Å²) in [6.45, 7) is 7.23. The summed E-state index contributed by atoms with van der Waals surface area (Å²) in [5.41, 5.74) is 6.56. The Morgan fingerprint density at radius 3 is 2.66 bits per heavy atom. The highest BCUT2D eigenvalue weighted by Crippen LogP contribution is 2.35. The topological polar surface area (TPSA) is 93.6 Å². The molecule has 3 aliphatic heterocycles. The van der Waals surface area contributed by atoms with Crippen LogP contribution in [0.1, 0.15) is 41.5 Å². The highest BCUT2D eigenvalue weighted by atomic mass is 16.5. The average Bonchev–Trinajstić information content (AvgIpc) is 3.07. The number of carboxylic acid groups (broad SMARTS) is 1. The zero-order valence-electron chi connectivity index (χ0n) is 26.0. The van der Waals surface area contributed by atoms with Gasteiger partial charge < -0.3 is 29.0 Å². The van der Waals surface area contributed by atoms with E-state index in [0.717, 1.165) is 85.3 Å². The van der Waals surface area contributed by atoms with Crippen LogP contribution in [0.5, 0.6) is 11.5 Å². The fraction of sp³-hybridized carbons (Fsp3) is 0.486. The van der Waals surface area contributed by atoms with Crippen LogP contribution >= 0.6 is 0 Å². The van der Waals surface area contributed by atoms with Crippen molar-refractivity contribution >= 4 is 11.8 Å². The quantitative estimate of drug-likeness (QED) is 0.359. The smallest absolute Gasteiger partial charge is 0.309 e. The highest BCUT2D eigenvalue weighted by molar-refractivity contribution is 5.72. The zero-order chi connectivity index (χ0) is 30.6. The molecule has 0 aliphatic carbocycles. The SMILES string of the molecule is COc1cc(COc2ccc(C)cc2-c2cccc(N3CC[C@H](C(=O)O)[C@H](OC)C3)n2)cc2c1CN(C1CCOCC1)CC2. The van der Waals surface area contributed by atoms with E-state index in [9.17, 15) is 9.90 Å². The van der Waals surface area contributed by atoms with E-state index >= 15 is 0 Å². The fourth-order valence-corrected chi connectivity index (χ4v) is 6.87. The van der Waals surface area contributed by atoms with Crippen LogP contribution in [0, 0.1) is 12.8 Å². The number of aryl methyl sites for hydroxylation is 1. The van der Waals surface area contributed by atoms with E-state index in [1.165, 1.54) is 11.1 Å². The lowest BCUT2D eigenvalue weighted by atomic mass is 9.94. The number of hydrogen-bond donors (Lipinski definition) is 1. The van der Waals surface area contributed by atoms with Gasteiger partial charge in [0.05, 0.1) is 24.8 Å². The number of ether oxygens (including phenoxy) is 4. The molecule has 3 aromatic rings. The van der Waals surface area contributed by atoms with Crippen molar-refractivity contribution in [1.82, 2.24) is 9.88 Å². The molecule has 0 radical (unpaired) electrons. The van der Waals surface area contributed by atoms with E-state index in [1.54, 1.807) is 14.2 Å². The molecule has 0 saturated carbocycles. The minimum atomic E-state index is -0.812. The molecule has 9 heteroatoms. The molecule has 6 rings (SSSR count). The predicted molar refractivity (Wildman–Crippen MR) is 168 cm³/mol. The highest BCUT2D eigenvalue weighted by Gasteiger charge is 2.35. The second kappa shape index (κ2) is 13.5. The van der Waals surface area contributed by atoms with E-state index in [0.29, 0.717) is 32.2 Å². The summed E-state index contributed by atoms with van der Waals surface area (Å²) in [6, 6.07) is 17.1. The molecule has 0 bridgehead atoms. The van der Waals surface area contributed by atoms with E-state index in [-0.39, 0.29) is 6.10 Å². The first-order valence-electron chi connectivity index (χ1n) is 15.7. The number of rotatable bonds is 9. The van der Waals surface area contributed by atoms with Crippen molar-refractivity contribution in [2.24, 2.45) is 5.92 Å². The molecule has 0 unspecified atom stereocenters. The van der Waals surface area contributed by atoms with Gasteiger partial charge in [0.2, 0.25) is 0 Å². The van der Waals surface area contributed by atoms with Crippen molar-refractivity contribution in [2.45, 2.75) is 57.9 Å². The van der Waals surface area contributed by atoms with Crippen molar-refractivity contribution in [3.63, 3.8) is 0 Å². The summed E-state index contributed by atoms with van der Waals surface area (Å²) in [6.07, 6.45) is 3.31. The largest absolute Gasteiger partial charge is 0.496 e. The lowest BCUT2D eigenvalue weighted by Gasteiger charge is -2.38. The summed E-state index contributed by atoms with van der Waals surface area (Å²) in [5, 5.41) is 9.59. The number of benzene rings is 2. The Labute approximate surface area is 259 Å². The molecule has 234 valence electrons. The molecule has 1 aromatic heterocycles. The lowest BCUT2D eigenvalue weighted by molar-refractivity contribution is -0.147. The Hall–Kier alpha value is -3.66. The second-order valence-electron chi connectivity index (χ2n) is 12.1. The van der Waals surface area contributed by atoms with E-state index in [2.05, 4.69) is 41.0 Å². The monoisotopic (exact) mass is 601 g/mol. The van der Waals surface area contributed by atoms with Crippen molar-refractivity contribution < 1.29 is 28.8 Å². The Kier molecular flexibility index (Phi) is 9.35. The normalized spacial score (nSPS) is 21.1. The third-order valence-electron chi connectivity index (χ3n) is 9.36. The van der Waals surface area contributed by atoms with Gasteiger partial charge in [-0.1, -0.05) is 23.8 Å². The number of aliphatic carboxylic acids is 1. The van der Waals surface area contributed by atoms with Gasteiger partial charge in [-0.2, -0.15) is 0 Å². The Morgan fingerprint density at radius 2 is 1.89 bits per heavy atom. The molecule has 44 heavy (non-hydrogen) atoms. The van der Waals surface area contributed by atoms with Crippen molar-refractivity contribution in [3.8, 4) is 22.8 Å². The predicted octanol–water partition coefficient (Wildman–Crippen LogP) is 5.11. The summed E-state index contributed by atoms with van der Waals surface area (Å²) in [4.78, 5) is 21.4. The first-order chi connectivity index (χ1) is 21.4. The molecule has 3 aliphatic rings. The van der Waals surface area contributed by atoms with E-state index < -0.39 is 11.9 Å². The van der Waals surface area contributed by atoms with Gasteiger partial charge in [-0.3, -0.25) is 9.69 Å². The Balaban J connectivity index is 1.19. The number of pyridine rings is 1. The summed E-state index contributed by atoms with van der Waals surface area (Å²) in [5.74, 6) is 1.17.